The molecule has 0 radical (unpaired) electrons. The van der Waals surface area contributed by atoms with E-state index in [0.29, 0.717) is 23.0 Å². The summed E-state index contributed by atoms with van der Waals surface area (Å²) < 4.78 is 10.3. The molecule has 0 aliphatic rings. The van der Waals surface area contributed by atoms with Crippen molar-refractivity contribution in [3.8, 4) is 28.8 Å². The monoisotopic (exact) mass is 243 g/mol. The fourth-order valence-corrected chi connectivity index (χ4v) is 1.53. The summed E-state index contributed by atoms with van der Waals surface area (Å²) in [6.45, 7) is 0. The second-order valence-electron chi connectivity index (χ2n) is 3.67. The Kier molecular flexibility index (Phi) is 2.26. The van der Waals surface area contributed by atoms with Gasteiger partial charge in [-0.1, -0.05) is 5.16 Å². The number of phenols is 1. The van der Waals surface area contributed by atoms with Crippen molar-refractivity contribution in [2.45, 2.75) is 0 Å². The van der Waals surface area contributed by atoms with Crippen molar-refractivity contribution in [3.63, 3.8) is 0 Å². The molecule has 3 aromatic rings. The second-order valence-corrected chi connectivity index (χ2v) is 3.67. The van der Waals surface area contributed by atoms with Crippen LogP contribution >= 0.6 is 0 Å². The van der Waals surface area contributed by atoms with E-state index in [1.165, 1.54) is 12.3 Å². The number of furan rings is 1. The lowest BCUT2D eigenvalue weighted by Gasteiger charge is -1.99. The number of nitrogen functional groups attached to an aromatic ring is 1. The van der Waals surface area contributed by atoms with Crippen LogP contribution < -0.4 is 5.73 Å². The normalized spacial score (nSPS) is 10.7. The lowest BCUT2D eigenvalue weighted by molar-refractivity contribution is 0.429. The van der Waals surface area contributed by atoms with Gasteiger partial charge >= 0.3 is 0 Å². The SMILES string of the molecule is Nc1cc(-c2nc(-c3ccco3)no2)ccc1O. The number of benzene rings is 1. The van der Waals surface area contributed by atoms with Crippen LogP contribution in [0.2, 0.25) is 0 Å². The van der Waals surface area contributed by atoms with Gasteiger partial charge in [0, 0.05) is 5.56 Å². The maximum Gasteiger partial charge on any atom is 0.258 e. The third kappa shape index (κ3) is 1.69. The number of phenolic OH excluding ortho intramolecular Hbond substituents is 1. The lowest BCUT2D eigenvalue weighted by atomic mass is 10.2. The molecule has 0 unspecified atom stereocenters. The van der Waals surface area contributed by atoms with Crippen LogP contribution in [0.3, 0.4) is 0 Å². The zero-order chi connectivity index (χ0) is 12.5. The minimum absolute atomic E-state index is 0.0181. The molecule has 0 aliphatic heterocycles. The molecule has 0 aliphatic carbocycles. The van der Waals surface area contributed by atoms with Gasteiger partial charge in [-0.15, -0.1) is 0 Å². The molecule has 0 atom stereocenters. The first kappa shape index (κ1) is 10.4. The summed E-state index contributed by atoms with van der Waals surface area (Å²) in [6.07, 6.45) is 1.53. The van der Waals surface area contributed by atoms with Crippen molar-refractivity contribution < 1.29 is 14.0 Å². The number of anilines is 1. The molecule has 1 aromatic carbocycles. The van der Waals surface area contributed by atoms with Crippen molar-refractivity contribution >= 4 is 5.69 Å². The highest BCUT2D eigenvalue weighted by Crippen LogP contribution is 2.27. The molecule has 18 heavy (non-hydrogen) atoms. The molecule has 0 fully saturated rings. The van der Waals surface area contributed by atoms with Crippen LogP contribution in [0.1, 0.15) is 0 Å². The highest BCUT2D eigenvalue weighted by Gasteiger charge is 2.13. The van der Waals surface area contributed by atoms with Gasteiger partial charge in [-0.2, -0.15) is 4.98 Å². The van der Waals surface area contributed by atoms with Gasteiger partial charge in [0.25, 0.3) is 5.89 Å². The molecule has 6 heteroatoms. The smallest absolute Gasteiger partial charge is 0.258 e. The molecule has 2 heterocycles. The first-order chi connectivity index (χ1) is 8.74. The maximum atomic E-state index is 9.34. The Morgan fingerprint density at radius 2 is 2.11 bits per heavy atom. The van der Waals surface area contributed by atoms with E-state index in [2.05, 4.69) is 10.1 Å². The Labute approximate surface area is 102 Å². The van der Waals surface area contributed by atoms with Gasteiger partial charge in [-0.25, -0.2) is 0 Å². The molecule has 0 saturated heterocycles. The number of aromatic hydroxyl groups is 1. The Morgan fingerprint density at radius 3 is 2.83 bits per heavy atom. The maximum absolute atomic E-state index is 9.34. The molecule has 0 bridgehead atoms. The molecular formula is C12H9N3O3. The minimum atomic E-state index is 0.0181. The van der Waals surface area contributed by atoms with Crippen LogP contribution in [0.4, 0.5) is 5.69 Å². The number of aromatic nitrogens is 2. The van der Waals surface area contributed by atoms with Crippen LogP contribution in [0.15, 0.2) is 45.5 Å². The molecule has 0 saturated carbocycles. The standard InChI is InChI=1S/C12H9N3O3/c13-8-6-7(3-4-9(8)16)12-14-11(15-18-12)10-2-1-5-17-10/h1-6,16H,13H2. The highest BCUT2D eigenvalue weighted by molar-refractivity contribution is 5.65. The molecule has 0 amide bonds. The second kappa shape index (κ2) is 3.92. The fraction of sp³-hybridized carbons (Fsp3) is 0. The first-order valence-corrected chi connectivity index (χ1v) is 5.20. The van der Waals surface area contributed by atoms with Crippen LogP contribution in [0, 0.1) is 0 Å². The van der Waals surface area contributed by atoms with Gasteiger partial charge in [0.2, 0.25) is 5.82 Å². The Bertz CT molecular complexity index is 674. The summed E-state index contributed by atoms with van der Waals surface area (Å²) >= 11 is 0. The number of nitrogens with zero attached hydrogens (tertiary/aromatic N) is 2. The number of rotatable bonds is 2. The predicted molar refractivity (Wildman–Crippen MR) is 63.5 cm³/mol. The van der Waals surface area contributed by atoms with E-state index in [0.717, 1.165) is 0 Å². The van der Waals surface area contributed by atoms with E-state index >= 15 is 0 Å². The third-order valence-electron chi connectivity index (χ3n) is 2.44. The molecular weight excluding hydrogens is 234 g/mol. The zero-order valence-corrected chi connectivity index (χ0v) is 9.20. The summed E-state index contributed by atoms with van der Waals surface area (Å²) in [7, 11) is 0. The van der Waals surface area contributed by atoms with Crippen LogP contribution in [-0.4, -0.2) is 15.2 Å². The van der Waals surface area contributed by atoms with Gasteiger partial charge in [-0.3, -0.25) is 0 Å². The average Bonchev–Trinajstić information content (AvgIpc) is 3.01. The molecule has 2 aromatic heterocycles. The Balaban J connectivity index is 2.00. The van der Waals surface area contributed by atoms with E-state index in [4.69, 9.17) is 14.7 Å². The highest BCUT2D eigenvalue weighted by atomic mass is 16.5. The summed E-state index contributed by atoms with van der Waals surface area (Å²) in [6, 6.07) is 8.16. The average molecular weight is 243 g/mol. The summed E-state index contributed by atoms with van der Waals surface area (Å²) in [5.41, 5.74) is 6.49. The van der Waals surface area contributed by atoms with E-state index in [1.54, 1.807) is 24.3 Å². The number of hydrogen-bond donors (Lipinski definition) is 2. The van der Waals surface area contributed by atoms with E-state index in [1.807, 2.05) is 0 Å². The molecule has 6 nitrogen and oxygen atoms in total. The fourth-order valence-electron chi connectivity index (χ4n) is 1.53. The van der Waals surface area contributed by atoms with Crippen molar-refractivity contribution in [1.82, 2.24) is 10.1 Å². The van der Waals surface area contributed by atoms with Gasteiger partial charge in [-0.05, 0) is 30.3 Å². The van der Waals surface area contributed by atoms with Gasteiger partial charge < -0.3 is 19.8 Å². The van der Waals surface area contributed by atoms with Gasteiger partial charge in [0.05, 0.1) is 12.0 Å². The Hall–Kier alpha value is -2.76. The van der Waals surface area contributed by atoms with Gasteiger partial charge in [0.15, 0.2) is 5.76 Å². The zero-order valence-electron chi connectivity index (χ0n) is 9.20. The quantitative estimate of drug-likeness (QED) is 0.529. The molecule has 3 rings (SSSR count). The third-order valence-corrected chi connectivity index (χ3v) is 2.44. The largest absolute Gasteiger partial charge is 0.506 e. The van der Waals surface area contributed by atoms with E-state index < -0.39 is 0 Å². The van der Waals surface area contributed by atoms with Crippen LogP contribution in [0.5, 0.6) is 5.75 Å². The van der Waals surface area contributed by atoms with Crippen LogP contribution in [-0.2, 0) is 0 Å². The summed E-state index contributed by atoms with van der Waals surface area (Å²) in [5, 5.41) is 13.1. The summed E-state index contributed by atoms with van der Waals surface area (Å²) in [4.78, 5) is 4.19. The Morgan fingerprint density at radius 1 is 1.22 bits per heavy atom. The van der Waals surface area contributed by atoms with E-state index in [-0.39, 0.29) is 11.4 Å². The van der Waals surface area contributed by atoms with Crippen molar-refractivity contribution in [3.05, 3.63) is 36.6 Å². The van der Waals surface area contributed by atoms with E-state index in [9.17, 15) is 5.11 Å². The molecule has 0 spiro atoms. The van der Waals surface area contributed by atoms with Crippen molar-refractivity contribution in [1.29, 1.82) is 0 Å². The summed E-state index contributed by atoms with van der Waals surface area (Å²) in [5.74, 6) is 1.22. The van der Waals surface area contributed by atoms with Crippen molar-refractivity contribution in [2.75, 3.05) is 5.73 Å². The number of hydrogen-bond acceptors (Lipinski definition) is 6. The lowest BCUT2D eigenvalue weighted by Crippen LogP contribution is -1.86. The van der Waals surface area contributed by atoms with Crippen molar-refractivity contribution in [2.24, 2.45) is 0 Å². The number of nitrogens with two attached hydrogens (primary N) is 1. The van der Waals surface area contributed by atoms with Crippen LogP contribution in [0.25, 0.3) is 23.0 Å². The minimum Gasteiger partial charge on any atom is -0.506 e. The van der Waals surface area contributed by atoms with Gasteiger partial charge in [0.1, 0.15) is 5.75 Å². The first-order valence-electron chi connectivity index (χ1n) is 5.20. The topological polar surface area (TPSA) is 98.3 Å². The molecule has 3 N–H and O–H groups in total. The predicted octanol–water partition coefficient (Wildman–Crippen LogP) is 2.28. The molecule has 90 valence electrons.